The molecule has 116 valence electrons. The Bertz CT molecular complexity index is 503. The first-order valence-corrected chi connectivity index (χ1v) is 7.73. The van der Waals surface area contributed by atoms with Gasteiger partial charge in [-0.3, -0.25) is 4.79 Å². The molecule has 0 saturated carbocycles. The quantitative estimate of drug-likeness (QED) is 0.865. The van der Waals surface area contributed by atoms with Gasteiger partial charge in [0.2, 0.25) is 5.91 Å². The first-order valence-electron chi connectivity index (χ1n) is 7.73. The van der Waals surface area contributed by atoms with Crippen LogP contribution in [0, 0.1) is 0 Å². The molecule has 6 heteroatoms. The van der Waals surface area contributed by atoms with E-state index in [1.165, 1.54) is 0 Å². The molecule has 0 bridgehead atoms. The lowest BCUT2D eigenvalue weighted by atomic mass is 10.0. The summed E-state index contributed by atoms with van der Waals surface area (Å²) < 4.78 is 0. The van der Waals surface area contributed by atoms with Gasteiger partial charge in [-0.2, -0.15) is 0 Å². The van der Waals surface area contributed by atoms with E-state index in [-0.39, 0.29) is 17.9 Å². The minimum absolute atomic E-state index is 0.0852. The standard InChI is InChI=1S/C15H25N5O/c1-5-11-15(21)17-7-8-20(11)14-12(10(3)4)13(16-6-2)18-9-19-14/h9-11H,5-8H2,1-4H3,(H,17,21)(H,16,18,19). The summed E-state index contributed by atoms with van der Waals surface area (Å²) in [7, 11) is 0. The highest BCUT2D eigenvalue weighted by molar-refractivity contribution is 5.86. The summed E-state index contributed by atoms with van der Waals surface area (Å²) in [6, 6.07) is -0.152. The Morgan fingerprint density at radius 2 is 2.19 bits per heavy atom. The average molecular weight is 291 g/mol. The van der Waals surface area contributed by atoms with Crippen molar-refractivity contribution in [3.63, 3.8) is 0 Å². The van der Waals surface area contributed by atoms with E-state index in [4.69, 9.17) is 0 Å². The van der Waals surface area contributed by atoms with Gasteiger partial charge < -0.3 is 15.5 Å². The molecule has 1 aromatic rings. The zero-order chi connectivity index (χ0) is 15.4. The fraction of sp³-hybridized carbons (Fsp3) is 0.667. The molecule has 1 aromatic heterocycles. The van der Waals surface area contributed by atoms with Crippen molar-refractivity contribution in [1.29, 1.82) is 0 Å². The third-order valence-electron chi connectivity index (χ3n) is 3.77. The van der Waals surface area contributed by atoms with Crippen LogP contribution in [0.4, 0.5) is 11.6 Å². The maximum absolute atomic E-state index is 12.1. The molecule has 0 aliphatic carbocycles. The first kappa shape index (κ1) is 15.5. The van der Waals surface area contributed by atoms with E-state index < -0.39 is 0 Å². The summed E-state index contributed by atoms with van der Waals surface area (Å²) in [5.74, 6) is 2.13. The zero-order valence-electron chi connectivity index (χ0n) is 13.3. The molecule has 2 rings (SSSR count). The highest BCUT2D eigenvalue weighted by Gasteiger charge is 2.31. The summed E-state index contributed by atoms with van der Waals surface area (Å²) >= 11 is 0. The van der Waals surface area contributed by atoms with Crippen molar-refractivity contribution < 1.29 is 4.79 Å². The summed E-state index contributed by atoms with van der Waals surface area (Å²) in [5, 5.41) is 6.23. The van der Waals surface area contributed by atoms with Crippen LogP contribution in [0.2, 0.25) is 0 Å². The molecule has 0 radical (unpaired) electrons. The van der Waals surface area contributed by atoms with Crippen LogP contribution in [0.25, 0.3) is 0 Å². The van der Waals surface area contributed by atoms with Crippen molar-refractivity contribution in [3.8, 4) is 0 Å². The van der Waals surface area contributed by atoms with Gasteiger partial charge >= 0.3 is 0 Å². The second kappa shape index (κ2) is 6.74. The van der Waals surface area contributed by atoms with Gasteiger partial charge in [-0.1, -0.05) is 20.8 Å². The van der Waals surface area contributed by atoms with Crippen LogP contribution >= 0.6 is 0 Å². The van der Waals surface area contributed by atoms with E-state index >= 15 is 0 Å². The topological polar surface area (TPSA) is 70.2 Å². The summed E-state index contributed by atoms with van der Waals surface area (Å²) in [5.41, 5.74) is 1.09. The van der Waals surface area contributed by atoms with E-state index in [9.17, 15) is 4.79 Å². The van der Waals surface area contributed by atoms with Gasteiger partial charge in [0.25, 0.3) is 0 Å². The fourth-order valence-corrected chi connectivity index (χ4v) is 2.83. The van der Waals surface area contributed by atoms with Crippen LogP contribution in [-0.2, 0) is 4.79 Å². The largest absolute Gasteiger partial charge is 0.370 e. The Labute approximate surface area is 126 Å². The Morgan fingerprint density at radius 1 is 1.43 bits per heavy atom. The van der Waals surface area contributed by atoms with Crippen molar-refractivity contribution in [2.45, 2.75) is 46.1 Å². The van der Waals surface area contributed by atoms with Crippen LogP contribution < -0.4 is 15.5 Å². The SMILES string of the molecule is CCNc1ncnc(N2CCNC(=O)C2CC)c1C(C)C. The van der Waals surface area contributed by atoms with Gasteiger partial charge in [0, 0.05) is 25.2 Å². The third-order valence-corrected chi connectivity index (χ3v) is 3.77. The number of hydrogen-bond acceptors (Lipinski definition) is 5. The van der Waals surface area contributed by atoms with E-state index in [2.05, 4.69) is 46.3 Å². The van der Waals surface area contributed by atoms with Crippen LogP contribution in [-0.4, -0.2) is 41.6 Å². The number of aromatic nitrogens is 2. The van der Waals surface area contributed by atoms with Crippen LogP contribution in [0.1, 0.15) is 45.6 Å². The molecular weight excluding hydrogens is 266 g/mol. The summed E-state index contributed by atoms with van der Waals surface area (Å²) in [6.07, 6.45) is 2.35. The molecule has 1 fully saturated rings. The molecule has 1 saturated heterocycles. The predicted molar refractivity (Wildman–Crippen MR) is 84.7 cm³/mol. The van der Waals surface area contributed by atoms with E-state index in [0.717, 1.165) is 36.7 Å². The molecule has 1 atom stereocenters. The highest BCUT2D eigenvalue weighted by atomic mass is 16.2. The monoisotopic (exact) mass is 291 g/mol. The highest BCUT2D eigenvalue weighted by Crippen LogP contribution is 2.32. The van der Waals surface area contributed by atoms with Crippen LogP contribution in [0.15, 0.2) is 6.33 Å². The number of anilines is 2. The van der Waals surface area contributed by atoms with E-state index in [0.29, 0.717) is 6.54 Å². The van der Waals surface area contributed by atoms with E-state index in [1.807, 2.05) is 6.92 Å². The van der Waals surface area contributed by atoms with Gasteiger partial charge in [0.05, 0.1) is 0 Å². The summed E-state index contributed by atoms with van der Waals surface area (Å²) in [4.78, 5) is 23.1. The molecule has 2 heterocycles. The molecule has 1 aliphatic rings. The van der Waals surface area contributed by atoms with Gasteiger partial charge in [-0.25, -0.2) is 9.97 Å². The van der Waals surface area contributed by atoms with Gasteiger partial charge in [-0.05, 0) is 19.3 Å². The maximum atomic E-state index is 12.1. The molecule has 2 N–H and O–H groups in total. The fourth-order valence-electron chi connectivity index (χ4n) is 2.83. The second-order valence-corrected chi connectivity index (χ2v) is 5.55. The van der Waals surface area contributed by atoms with Crippen molar-refractivity contribution in [2.24, 2.45) is 0 Å². The molecular formula is C15H25N5O. The maximum Gasteiger partial charge on any atom is 0.242 e. The normalized spacial score (nSPS) is 18.8. The molecule has 1 amide bonds. The third kappa shape index (κ3) is 3.09. The van der Waals surface area contributed by atoms with Crippen molar-refractivity contribution >= 4 is 17.5 Å². The minimum atomic E-state index is -0.152. The lowest BCUT2D eigenvalue weighted by Gasteiger charge is -2.37. The summed E-state index contributed by atoms with van der Waals surface area (Å²) in [6.45, 7) is 10.6. The molecule has 1 unspecified atom stereocenters. The Kier molecular flexibility index (Phi) is 4.98. The Hall–Kier alpha value is -1.85. The molecule has 0 aromatic carbocycles. The van der Waals surface area contributed by atoms with Gasteiger partial charge in [0.15, 0.2) is 0 Å². The van der Waals surface area contributed by atoms with Crippen molar-refractivity contribution in [1.82, 2.24) is 15.3 Å². The van der Waals surface area contributed by atoms with Crippen LogP contribution in [0.5, 0.6) is 0 Å². The van der Waals surface area contributed by atoms with Gasteiger partial charge in [0.1, 0.15) is 24.0 Å². The number of carbonyl (C=O) groups excluding carboxylic acids is 1. The molecule has 6 nitrogen and oxygen atoms in total. The van der Waals surface area contributed by atoms with Crippen LogP contribution in [0.3, 0.4) is 0 Å². The number of carbonyl (C=O) groups is 1. The molecule has 21 heavy (non-hydrogen) atoms. The van der Waals surface area contributed by atoms with E-state index in [1.54, 1.807) is 6.33 Å². The lowest BCUT2D eigenvalue weighted by molar-refractivity contribution is -0.123. The Morgan fingerprint density at radius 3 is 2.81 bits per heavy atom. The lowest BCUT2D eigenvalue weighted by Crippen LogP contribution is -2.55. The first-order chi connectivity index (χ1) is 10.1. The molecule has 1 aliphatic heterocycles. The number of amides is 1. The molecule has 0 spiro atoms. The number of piperazine rings is 1. The predicted octanol–water partition coefficient (Wildman–Crippen LogP) is 1.75. The number of nitrogens with zero attached hydrogens (tertiary/aromatic N) is 3. The smallest absolute Gasteiger partial charge is 0.242 e. The average Bonchev–Trinajstić information content (AvgIpc) is 2.46. The second-order valence-electron chi connectivity index (χ2n) is 5.55. The number of nitrogens with one attached hydrogen (secondary N) is 2. The Balaban J connectivity index is 2.46. The number of rotatable bonds is 5. The van der Waals surface area contributed by atoms with Crippen molar-refractivity contribution in [3.05, 3.63) is 11.9 Å². The zero-order valence-corrected chi connectivity index (χ0v) is 13.3. The minimum Gasteiger partial charge on any atom is -0.370 e. The number of hydrogen-bond donors (Lipinski definition) is 2. The van der Waals surface area contributed by atoms with Gasteiger partial charge in [-0.15, -0.1) is 0 Å². The van der Waals surface area contributed by atoms with Crippen molar-refractivity contribution in [2.75, 3.05) is 29.9 Å².